The quantitative estimate of drug-likeness (QED) is 0.527. The molecule has 0 saturated carbocycles. The van der Waals surface area contributed by atoms with E-state index in [4.69, 9.17) is 16.3 Å². The van der Waals surface area contributed by atoms with Crippen LogP contribution in [0.1, 0.15) is 0 Å². The summed E-state index contributed by atoms with van der Waals surface area (Å²) in [4.78, 5) is 4.08. The molecule has 0 fully saturated rings. The molecule has 2 nitrogen and oxygen atoms in total. The van der Waals surface area contributed by atoms with Gasteiger partial charge in [-0.15, -0.1) is 0 Å². The average Bonchev–Trinajstić information content (AvgIpc) is 2.26. The van der Waals surface area contributed by atoms with Gasteiger partial charge in [0.15, 0.2) is 0 Å². The number of nitrogens with zero attached hydrogens (tertiary/aromatic N) is 1. The van der Waals surface area contributed by atoms with E-state index in [2.05, 4.69) is 36.8 Å². The van der Waals surface area contributed by atoms with Crippen LogP contribution >= 0.6 is 43.5 Å². The fourth-order valence-electron chi connectivity index (χ4n) is 1.14. The molecule has 0 aliphatic heterocycles. The largest absolute Gasteiger partial charge is 0.438 e. The minimum Gasteiger partial charge on any atom is -0.438 e. The van der Waals surface area contributed by atoms with Crippen LogP contribution in [0.3, 0.4) is 0 Å². The molecule has 2 rings (SSSR count). The molecule has 0 unspecified atom stereocenters. The molecule has 1 heterocycles. The van der Waals surface area contributed by atoms with Crippen LogP contribution in [-0.2, 0) is 0 Å². The molecule has 1 aromatic carbocycles. The lowest BCUT2D eigenvalue weighted by atomic mass is 10.3. The van der Waals surface area contributed by atoms with Crippen molar-refractivity contribution < 1.29 is 9.13 Å². The molecule has 0 N–H and O–H groups in total. The molecule has 0 bridgehead atoms. The van der Waals surface area contributed by atoms with Crippen molar-refractivity contribution in [3.63, 3.8) is 0 Å². The number of hydrogen-bond donors (Lipinski definition) is 0. The molecule has 0 atom stereocenters. The SMILES string of the molecule is Fc1cc(Oc2cccc(Br)n2)c(Br)cc1Cl. The first-order valence-electron chi connectivity index (χ1n) is 4.51. The Hall–Kier alpha value is -0.650. The van der Waals surface area contributed by atoms with E-state index in [0.29, 0.717) is 20.7 Å². The third-order valence-electron chi connectivity index (χ3n) is 1.88. The maximum absolute atomic E-state index is 13.3. The van der Waals surface area contributed by atoms with Crippen LogP contribution in [0.15, 0.2) is 39.4 Å². The summed E-state index contributed by atoms with van der Waals surface area (Å²) in [5.41, 5.74) is 0. The van der Waals surface area contributed by atoms with Crippen LogP contribution in [-0.4, -0.2) is 4.98 Å². The molecule has 2 aromatic rings. The fraction of sp³-hybridized carbons (Fsp3) is 0. The monoisotopic (exact) mass is 379 g/mol. The lowest BCUT2D eigenvalue weighted by molar-refractivity contribution is 0.454. The Labute approximate surface area is 119 Å². The smallest absolute Gasteiger partial charge is 0.220 e. The zero-order chi connectivity index (χ0) is 12.4. The normalized spacial score (nSPS) is 10.4. The molecule has 0 saturated heterocycles. The Balaban J connectivity index is 2.33. The van der Waals surface area contributed by atoms with Crippen LogP contribution in [0.4, 0.5) is 4.39 Å². The molecule has 0 aliphatic rings. The van der Waals surface area contributed by atoms with E-state index in [9.17, 15) is 4.39 Å². The van der Waals surface area contributed by atoms with Gasteiger partial charge in [0.05, 0.1) is 9.50 Å². The number of ether oxygens (including phenoxy) is 1. The predicted octanol–water partition coefficient (Wildman–Crippen LogP) is 5.19. The first-order chi connectivity index (χ1) is 8.06. The maximum atomic E-state index is 13.3. The fourth-order valence-corrected chi connectivity index (χ4v) is 2.19. The van der Waals surface area contributed by atoms with E-state index in [1.807, 2.05) is 0 Å². The highest BCUT2D eigenvalue weighted by Gasteiger charge is 2.09. The second kappa shape index (κ2) is 5.33. The van der Waals surface area contributed by atoms with Gasteiger partial charge >= 0.3 is 0 Å². The van der Waals surface area contributed by atoms with E-state index < -0.39 is 5.82 Å². The van der Waals surface area contributed by atoms with Gasteiger partial charge in [-0.25, -0.2) is 9.37 Å². The van der Waals surface area contributed by atoms with E-state index in [1.165, 1.54) is 12.1 Å². The van der Waals surface area contributed by atoms with Gasteiger partial charge in [0.2, 0.25) is 5.88 Å². The minimum atomic E-state index is -0.542. The molecule has 88 valence electrons. The molecule has 6 heteroatoms. The summed E-state index contributed by atoms with van der Waals surface area (Å²) >= 11 is 12.1. The van der Waals surface area contributed by atoms with Crippen molar-refractivity contribution in [3.05, 3.63) is 50.2 Å². The summed E-state index contributed by atoms with van der Waals surface area (Å²) in [6.45, 7) is 0. The van der Waals surface area contributed by atoms with Crippen LogP contribution in [0.5, 0.6) is 11.6 Å². The van der Waals surface area contributed by atoms with Crippen molar-refractivity contribution >= 4 is 43.5 Å². The highest BCUT2D eigenvalue weighted by Crippen LogP contribution is 2.33. The molecular formula is C11H5Br2ClFNO. The van der Waals surface area contributed by atoms with Crippen molar-refractivity contribution in [1.82, 2.24) is 4.98 Å². The second-order valence-electron chi connectivity index (χ2n) is 3.10. The van der Waals surface area contributed by atoms with Gasteiger partial charge in [-0.2, -0.15) is 0 Å². The third-order valence-corrected chi connectivity index (χ3v) is 3.23. The average molecular weight is 381 g/mol. The van der Waals surface area contributed by atoms with Gasteiger partial charge in [-0.3, -0.25) is 0 Å². The summed E-state index contributed by atoms with van der Waals surface area (Å²) in [6, 6.07) is 7.85. The van der Waals surface area contributed by atoms with E-state index in [0.717, 1.165) is 0 Å². The zero-order valence-corrected chi connectivity index (χ0v) is 12.2. The van der Waals surface area contributed by atoms with Crippen molar-refractivity contribution in [2.75, 3.05) is 0 Å². The Morgan fingerprint density at radius 2 is 2.00 bits per heavy atom. The van der Waals surface area contributed by atoms with E-state index in [-0.39, 0.29) is 5.02 Å². The Morgan fingerprint density at radius 1 is 1.24 bits per heavy atom. The summed E-state index contributed by atoms with van der Waals surface area (Å²) in [5.74, 6) is 0.138. The highest BCUT2D eigenvalue weighted by molar-refractivity contribution is 9.10. The zero-order valence-electron chi connectivity index (χ0n) is 8.25. The van der Waals surface area contributed by atoms with Gasteiger partial charge in [-0.05, 0) is 44.0 Å². The lowest BCUT2D eigenvalue weighted by Gasteiger charge is -2.07. The Bertz CT molecular complexity index is 565. The van der Waals surface area contributed by atoms with Crippen LogP contribution < -0.4 is 4.74 Å². The molecule has 1 aromatic heterocycles. The van der Waals surface area contributed by atoms with Gasteiger partial charge in [0.1, 0.15) is 16.2 Å². The summed E-state index contributed by atoms with van der Waals surface area (Å²) in [6.07, 6.45) is 0. The lowest BCUT2D eigenvalue weighted by Crippen LogP contribution is -1.90. The van der Waals surface area contributed by atoms with Gasteiger partial charge in [0, 0.05) is 12.1 Å². The third kappa shape index (κ3) is 3.18. The topological polar surface area (TPSA) is 22.1 Å². The Morgan fingerprint density at radius 3 is 2.71 bits per heavy atom. The minimum absolute atomic E-state index is 0.0337. The van der Waals surface area contributed by atoms with Crippen molar-refractivity contribution in [2.45, 2.75) is 0 Å². The van der Waals surface area contributed by atoms with E-state index >= 15 is 0 Å². The van der Waals surface area contributed by atoms with Crippen LogP contribution in [0.25, 0.3) is 0 Å². The molecule has 0 spiro atoms. The van der Waals surface area contributed by atoms with Crippen LogP contribution in [0, 0.1) is 5.82 Å². The summed E-state index contributed by atoms with van der Waals surface area (Å²) in [7, 11) is 0. The van der Waals surface area contributed by atoms with Crippen LogP contribution in [0.2, 0.25) is 5.02 Å². The number of hydrogen-bond acceptors (Lipinski definition) is 2. The molecule has 0 radical (unpaired) electrons. The summed E-state index contributed by atoms with van der Waals surface area (Å²) in [5, 5.41) is 0.0337. The van der Waals surface area contributed by atoms with Gasteiger partial charge < -0.3 is 4.74 Å². The number of halogens is 4. The number of benzene rings is 1. The molecule has 0 amide bonds. The van der Waals surface area contributed by atoms with E-state index in [1.54, 1.807) is 18.2 Å². The first-order valence-corrected chi connectivity index (χ1v) is 6.47. The van der Waals surface area contributed by atoms with Gasteiger partial charge in [0.25, 0.3) is 0 Å². The Kier molecular flexibility index (Phi) is 4.01. The number of rotatable bonds is 2. The van der Waals surface area contributed by atoms with Gasteiger partial charge in [-0.1, -0.05) is 17.7 Å². The molecule has 17 heavy (non-hydrogen) atoms. The maximum Gasteiger partial charge on any atom is 0.220 e. The van der Waals surface area contributed by atoms with Crippen molar-refractivity contribution in [3.8, 4) is 11.6 Å². The second-order valence-corrected chi connectivity index (χ2v) is 5.17. The number of aromatic nitrogens is 1. The first kappa shape index (κ1) is 12.8. The predicted molar refractivity (Wildman–Crippen MR) is 71.1 cm³/mol. The standard InChI is InChI=1S/C11H5Br2ClFNO/c12-6-4-7(14)8(15)5-9(6)17-11-3-1-2-10(13)16-11/h1-5H. The molecule has 0 aliphatic carbocycles. The highest BCUT2D eigenvalue weighted by atomic mass is 79.9. The van der Waals surface area contributed by atoms with Crippen molar-refractivity contribution in [1.29, 1.82) is 0 Å². The number of pyridine rings is 1. The van der Waals surface area contributed by atoms with Crippen molar-refractivity contribution in [2.24, 2.45) is 0 Å². The summed E-state index contributed by atoms with van der Waals surface area (Å²) < 4.78 is 19.9. The molecular weight excluding hydrogens is 376 g/mol.